The smallest absolute Gasteiger partial charge is 0.254 e. The van der Waals surface area contributed by atoms with Crippen molar-refractivity contribution in [1.82, 2.24) is 4.90 Å². The molecule has 3 aromatic rings. The molecule has 0 spiro atoms. The molecule has 1 atom stereocenters. The van der Waals surface area contributed by atoms with Gasteiger partial charge in [-0.05, 0) is 92.3 Å². The number of methoxy groups -OCH3 is 1. The molecule has 164 valence electrons. The SMILES string of the molecule is COc1cccc2scc(CCC(C)(N)CCN3CCc4c(ccc(C)c4C)C3=O)c12. The van der Waals surface area contributed by atoms with Gasteiger partial charge in [0.2, 0.25) is 0 Å². The van der Waals surface area contributed by atoms with E-state index in [1.807, 2.05) is 23.1 Å². The predicted molar refractivity (Wildman–Crippen MR) is 129 cm³/mol. The number of thiophene rings is 1. The lowest BCUT2D eigenvalue weighted by atomic mass is 9.89. The molecular weight excluding hydrogens is 404 g/mol. The molecule has 1 amide bonds. The number of amides is 1. The molecule has 2 aromatic carbocycles. The van der Waals surface area contributed by atoms with E-state index < -0.39 is 0 Å². The Morgan fingerprint density at radius 2 is 2.00 bits per heavy atom. The normalized spacial score (nSPS) is 15.8. The maximum absolute atomic E-state index is 13.0. The Bertz CT molecular complexity index is 1120. The van der Waals surface area contributed by atoms with Crippen molar-refractivity contribution in [3.63, 3.8) is 0 Å². The van der Waals surface area contributed by atoms with E-state index in [0.29, 0.717) is 6.54 Å². The number of hydrogen-bond acceptors (Lipinski definition) is 4. The lowest BCUT2D eigenvalue weighted by Gasteiger charge is -2.33. The van der Waals surface area contributed by atoms with Crippen LogP contribution in [0, 0.1) is 13.8 Å². The first kappa shape index (κ1) is 21.8. The molecule has 5 heteroatoms. The second kappa shape index (κ2) is 8.64. The monoisotopic (exact) mass is 436 g/mol. The first-order chi connectivity index (χ1) is 14.8. The Kier molecular flexibility index (Phi) is 6.09. The highest BCUT2D eigenvalue weighted by Gasteiger charge is 2.28. The van der Waals surface area contributed by atoms with Crippen molar-refractivity contribution < 1.29 is 9.53 Å². The first-order valence-corrected chi connectivity index (χ1v) is 11.9. The molecule has 0 fully saturated rings. The van der Waals surface area contributed by atoms with Crippen LogP contribution in [0.5, 0.6) is 5.75 Å². The van der Waals surface area contributed by atoms with Gasteiger partial charge >= 0.3 is 0 Å². The molecule has 2 N–H and O–H groups in total. The standard InChI is InChI=1S/C26H32N2O2S/c1-17-8-9-21-20(18(17)2)11-14-28(25(21)29)15-13-26(3,27)12-10-19-16-31-23-7-5-6-22(30-4)24(19)23/h5-9,16H,10-15,27H2,1-4H3. The summed E-state index contributed by atoms with van der Waals surface area (Å²) < 4.78 is 6.82. The van der Waals surface area contributed by atoms with Gasteiger partial charge in [0.05, 0.1) is 7.11 Å². The zero-order valence-electron chi connectivity index (χ0n) is 19.0. The molecule has 2 heterocycles. The molecule has 1 aliphatic rings. The maximum atomic E-state index is 13.0. The number of carbonyl (C=O) groups is 1. The second-order valence-electron chi connectivity index (χ2n) is 9.07. The fourth-order valence-corrected chi connectivity index (χ4v) is 5.55. The molecular formula is C26H32N2O2S. The van der Waals surface area contributed by atoms with Crippen LogP contribution in [0.15, 0.2) is 35.7 Å². The van der Waals surface area contributed by atoms with Crippen molar-refractivity contribution >= 4 is 27.3 Å². The van der Waals surface area contributed by atoms with Crippen LogP contribution in [0.2, 0.25) is 0 Å². The van der Waals surface area contributed by atoms with Gasteiger partial charge in [-0.2, -0.15) is 0 Å². The summed E-state index contributed by atoms with van der Waals surface area (Å²) in [4.78, 5) is 15.0. The Morgan fingerprint density at radius 1 is 1.19 bits per heavy atom. The van der Waals surface area contributed by atoms with Crippen LogP contribution in [0.1, 0.15) is 52.4 Å². The minimum absolute atomic E-state index is 0.147. The Balaban J connectivity index is 1.40. The van der Waals surface area contributed by atoms with E-state index in [1.165, 1.54) is 32.3 Å². The lowest BCUT2D eigenvalue weighted by Crippen LogP contribution is -2.44. The summed E-state index contributed by atoms with van der Waals surface area (Å²) >= 11 is 1.75. The van der Waals surface area contributed by atoms with E-state index in [-0.39, 0.29) is 11.4 Å². The molecule has 0 radical (unpaired) electrons. The van der Waals surface area contributed by atoms with E-state index >= 15 is 0 Å². The van der Waals surface area contributed by atoms with E-state index in [0.717, 1.165) is 43.5 Å². The molecule has 0 aliphatic carbocycles. The van der Waals surface area contributed by atoms with Crippen molar-refractivity contribution in [3.05, 3.63) is 63.5 Å². The van der Waals surface area contributed by atoms with Gasteiger partial charge < -0.3 is 15.4 Å². The average molecular weight is 437 g/mol. The molecule has 1 unspecified atom stereocenters. The van der Waals surface area contributed by atoms with E-state index in [4.69, 9.17) is 10.5 Å². The number of rotatable bonds is 7. The zero-order valence-corrected chi connectivity index (χ0v) is 19.8. The van der Waals surface area contributed by atoms with Gasteiger partial charge in [0.15, 0.2) is 0 Å². The van der Waals surface area contributed by atoms with E-state index in [1.54, 1.807) is 18.4 Å². The maximum Gasteiger partial charge on any atom is 0.254 e. The third-order valence-electron chi connectivity index (χ3n) is 6.79. The Morgan fingerprint density at radius 3 is 2.77 bits per heavy atom. The summed E-state index contributed by atoms with van der Waals surface area (Å²) in [5.74, 6) is 1.07. The molecule has 0 bridgehead atoms. The number of nitrogens with zero attached hydrogens (tertiary/aromatic N) is 1. The van der Waals surface area contributed by atoms with Crippen LogP contribution in [0.3, 0.4) is 0 Å². The van der Waals surface area contributed by atoms with Crippen molar-refractivity contribution in [3.8, 4) is 5.75 Å². The fraction of sp³-hybridized carbons (Fsp3) is 0.423. The number of fused-ring (bicyclic) bond motifs is 2. The summed E-state index contributed by atoms with van der Waals surface area (Å²) in [5.41, 5.74) is 12.2. The summed E-state index contributed by atoms with van der Waals surface area (Å²) in [6, 6.07) is 10.2. The van der Waals surface area contributed by atoms with Gasteiger partial charge in [0.1, 0.15) is 5.75 Å². The zero-order chi connectivity index (χ0) is 22.2. The van der Waals surface area contributed by atoms with Crippen LogP contribution in [-0.4, -0.2) is 36.5 Å². The average Bonchev–Trinajstić information content (AvgIpc) is 3.18. The van der Waals surface area contributed by atoms with Crippen molar-refractivity contribution in [2.24, 2.45) is 5.73 Å². The minimum atomic E-state index is -0.333. The van der Waals surface area contributed by atoms with Gasteiger partial charge in [-0.1, -0.05) is 12.1 Å². The number of benzene rings is 2. The molecule has 4 nitrogen and oxygen atoms in total. The number of carbonyl (C=O) groups excluding carboxylic acids is 1. The minimum Gasteiger partial charge on any atom is -0.496 e. The molecule has 0 saturated carbocycles. The van der Waals surface area contributed by atoms with Crippen LogP contribution in [0.25, 0.3) is 10.1 Å². The predicted octanol–water partition coefficient (Wildman–Crippen LogP) is 5.27. The second-order valence-corrected chi connectivity index (χ2v) is 9.99. The van der Waals surface area contributed by atoms with Crippen molar-refractivity contribution in [2.75, 3.05) is 20.2 Å². The van der Waals surface area contributed by atoms with Crippen LogP contribution >= 0.6 is 11.3 Å². The Labute approximate surface area is 189 Å². The summed E-state index contributed by atoms with van der Waals surface area (Å²) in [5, 5.41) is 3.43. The lowest BCUT2D eigenvalue weighted by molar-refractivity contribution is 0.0726. The highest BCUT2D eigenvalue weighted by atomic mass is 32.1. The largest absolute Gasteiger partial charge is 0.496 e. The van der Waals surface area contributed by atoms with Crippen LogP contribution < -0.4 is 10.5 Å². The molecule has 1 aliphatic heterocycles. The first-order valence-electron chi connectivity index (χ1n) is 11.0. The molecule has 0 saturated heterocycles. The fourth-order valence-electron chi connectivity index (χ4n) is 4.54. The highest BCUT2D eigenvalue weighted by molar-refractivity contribution is 7.17. The summed E-state index contributed by atoms with van der Waals surface area (Å²) in [7, 11) is 1.72. The van der Waals surface area contributed by atoms with Crippen LogP contribution in [-0.2, 0) is 12.8 Å². The molecule has 31 heavy (non-hydrogen) atoms. The van der Waals surface area contributed by atoms with Gasteiger partial charge in [0.25, 0.3) is 5.91 Å². The summed E-state index contributed by atoms with van der Waals surface area (Å²) in [6.07, 6.45) is 3.49. The van der Waals surface area contributed by atoms with E-state index in [2.05, 4.69) is 38.3 Å². The van der Waals surface area contributed by atoms with Crippen molar-refractivity contribution in [1.29, 1.82) is 0 Å². The third kappa shape index (κ3) is 4.35. The van der Waals surface area contributed by atoms with Crippen LogP contribution in [0.4, 0.5) is 0 Å². The third-order valence-corrected chi connectivity index (χ3v) is 7.79. The Hall–Kier alpha value is -2.37. The number of aryl methyl sites for hydroxylation is 2. The molecule has 4 rings (SSSR count). The van der Waals surface area contributed by atoms with Gasteiger partial charge in [-0.15, -0.1) is 11.3 Å². The van der Waals surface area contributed by atoms with Gasteiger partial charge in [0, 0.05) is 34.3 Å². The number of nitrogens with two attached hydrogens (primary N) is 1. The topological polar surface area (TPSA) is 55.6 Å². The van der Waals surface area contributed by atoms with E-state index in [9.17, 15) is 4.79 Å². The van der Waals surface area contributed by atoms with Crippen molar-refractivity contribution in [2.45, 2.75) is 52.0 Å². The van der Waals surface area contributed by atoms with Gasteiger partial charge in [-0.3, -0.25) is 4.79 Å². The highest BCUT2D eigenvalue weighted by Crippen LogP contribution is 2.35. The summed E-state index contributed by atoms with van der Waals surface area (Å²) in [6.45, 7) is 7.81. The number of ether oxygens (including phenoxy) is 1. The molecule has 1 aromatic heterocycles. The number of hydrogen-bond donors (Lipinski definition) is 1. The quantitative estimate of drug-likeness (QED) is 0.549. The van der Waals surface area contributed by atoms with Gasteiger partial charge in [-0.25, -0.2) is 0 Å².